The van der Waals surface area contributed by atoms with Crippen LogP contribution in [0.1, 0.15) is 23.6 Å². The van der Waals surface area contributed by atoms with Gasteiger partial charge in [0.1, 0.15) is 5.82 Å². The van der Waals surface area contributed by atoms with Gasteiger partial charge in [0.05, 0.1) is 0 Å². The Morgan fingerprint density at radius 1 is 1.44 bits per heavy atom. The molecule has 0 bridgehead atoms. The third-order valence-electron chi connectivity index (χ3n) is 3.38. The molecule has 3 nitrogen and oxygen atoms in total. The van der Waals surface area contributed by atoms with E-state index in [1.54, 1.807) is 0 Å². The molecule has 2 aromatic rings. The van der Waals surface area contributed by atoms with Crippen LogP contribution in [0.5, 0.6) is 0 Å². The van der Waals surface area contributed by atoms with Crippen LogP contribution in [0.15, 0.2) is 30.6 Å². The highest BCUT2D eigenvalue weighted by atomic mass is 15.0. The molecule has 0 saturated carbocycles. The zero-order chi connectivity index (χ0) is 11.1. The summed E-state index contributed by atoms with van der Waals surface area (Å²) >= 11 is 0. The molecule has 0 saturated heterocycles. The van der Waals surface area contributed by atoms with E-state index in [4.69, 9.17) is 5.73 Å². The highest BCUT2D eigenvalue weighted by Gasteiger charge is 2.22. The summed E-state index contributed by atoms with van der Waals surface area (Å²) in [5, 5.41) is 0. The topological polar surface area (TPSA) is 43.8 Å². The Kier molecular flexibility index (Phi) is 2.07. The van der Waals surface area contributed by atoms with Crippen molar-refractivity contribution in [1.29, 1.82) is 0 Å². The highest BCUT2D eigenvalue weighted by molar-refractivity contribution is 5.64. The van der Waals surface area contributed by atoms with E-state index in [0.717, 1.165) is 18.7 Å². The summed E-state index contributed by atoms with van der Waals surface area (Å²) in [4.78, 5) is 4.41. The van der Waals surface area contributed by atoms with Gasteiger partial charge in [-0.15, -0.1) is 0 Å². The van der Waals surface area contributed by atoms with E-state index >= 15 is 0 Å². The van der Waals surface area contributed by atoms with Crippen LogP contribution in [-0.2, 0) is 13.5 Å². The standard InChI is InChI=1S/C13H15N3/c1-16-8-7-15-13(16)11-4-2-3-10-9(11)5-6-12(10)14/h2-4,7-8,12H,5-6,14H2,1H3. The molecule has 1 aromatic heterocycles. The first-order valence-corrected chi connectivity index (χ1v) is 5.62. The van der Waals surface area contributed by atoms with E-state index in [-0.39, 0.29) is 6.04 Å². The Balaban J connectivity index is 2.20. The molecule has 3 heteroatoms. The number of hydrogen-bond donors (Lipinski definition) is 1. The predicted molar refractivity (Wildman–Crippen MR) is 63.9 cm³/mol. The summed E-state index contributed by atoms with van der Waals surface area (Å²) < 4.78 is 2.06. The average Bonchev–Trinajstić information content (AvgIpc) is 2.86. The lowest BCUT2D eigenvalue weighted by Crippen LogP contribution is -2.05. The number of rotatable bonds is 1. The maximum absolute atomic E-state index is 6.08. The molecule has 1 unspecified atom stereocenters. The summed E-state index contributed by atoms with van der Waals surface area (Å²) in [5.41, 5.74) is 9.98. The molecule has 1 aliphatic rings. The first-order valence-electron chi connectivity index (χ1n) is 5.62. The molecule has 1 atom stereocenters. The van der Waals surface area contributed by atoms with Gasteiger partial charge in [-0.05, 0) is 24.0 Å². The van der Waals surface area contributed by atoms with Gasteiger partial charge in [-0.2, -0.15) is 0 Å². The van der Waals surface area contributed by atoms with Gasteiger partial charge < -0.3 is 10.3 Å². The number of fused-ring (bicyclic) bond motifs is 1. The molecule has 0 fully saturated rings. The second-order valence-corrected chi connectivity index (χ2v) is 4.38. The zero-order valence-electron chi connectivity index (χ0n) is 9.35. The molecule has 2 N–H and O–H groups in total. The van der Waals surface area contributed by atoms with Gasteiger partial charge in [0, 0.05) is 31.0 Å². The van der Waals surface area contributed by atoms with Crippen LogP contribution in [-0.4, -0.2) is 9.55 Å². The largest absolute Gasteiger partial charge is 0.334 e. The summed E-state index contributed by atoms with van der Waals surface area (Å²) in [7, 11) is 2.02. The van der Waals surface area contributed by atoms with Gasteiger partial charge in [0.2, 0.25) is 0 Å². The summed E-state index contributed by atoms with van der Waals surface area (Å²) in [5.74, 6) is 1.03. The smallest absolute Gasteiger partial charge is 0.139 e. The number of aryl methyl sites for hydroxylation is 1. The number of nitrogens with zero attached hydrogens (tertiary/aromatic N) is 2. The van der Waals surface area contributed by atoms with Gasteiger partial charge in [-0.25, -0.2) is 4.98 Å². The molecule has 1 aliphatic carbocycles. The summed E-state index contributed by atoms with van der Waals surface area (Å²) in [6.07, 6.45) is 5.93. The monoisotopic (exact) mass is 213 g/mol. The van der Waals surface area contributed by atoms with Crippen LogP contribution in [0.25, 0.3) is 11.4 Å². The minimum absolute atomic E-state index is 0.204. The third-order valence-corrected chi connectivity index (χ3v) is 3.38. The van der Waals surface area contributed by atoms with Crippen molar-refractivity contribution in [2.24, 2.45) is 12.8 Å². The van der Waals surface area contributed by atoms with E-state index in [0.29, 0.717) is 0 Å². The van der Waals surface area contributed by atoms with Gasteiger partial charge in [-0.1, -0.05) is 18.2 Å². The Morgan fingerprint density at radius 2 is 2.31 bits per heavy atom. The molecule has 0 spiro atoms. The predicted octanol–water partition coefficient (Wildman–Crippen LogP) is 2.03. The van der Waals surface area contributed by atoms with Gasteiger partial charge >= 0.3 is 0 Å². The maximum atomic E-state index is 6.08. The first kappa shape index (κ1) is 9.60. The molecule has 1 heterocycles. The van der Waals surface area contributed by atoms with Gasteiger partial charge in [0.25, 0.3) is 0 Å². The van der Waals surface area contributed by atoms with Crippen molar-refractivity contribution in [3.63, 3.8) is 0 Å². The fraction of sp³-hybridized carbons (Fsp3) is 0.308. The van der Waals surface area contributed by atoms with Crippen LogP contribution < -0.4 is 5.73 Å². The summed E-state index contributed by atoms with van der Waals surface area (Å²) in [6, 6.07) is 6.56. The molecule has 16 heavy (non-hydrogen) atoms. The van der Waals surface area contributed by atoms with Crippen molar-refractivity contribution in [2.45, 2.75) is 18.9 Å². The van der Waals surface area contributed by atoms with Crippen molar-refractivity contribution < 1.29 is 0 Å². The van der Waals surface area contributed by atoms with Crippen LogP contribution in [0.4, 0.5) is 0 Å². The molecule has 0 radical (unpaired) electrons. The lowest BCUT2D eigenvalue weighted by atomic mass is 10.0. The quantitative estimate of drug-likeness (QED) is 0.787. The fourth-order valence-corrected chi connectivity index (χ4v) is 2.52. The normalized spacial score (nSPS) is 18.8. The Hall–Kier alpha value is -1.61. The van der Waals surface area contributed by atoms with E-state index < -0.39 is 0 Å². The molecule has 3 rings (SSSR count). The Bertz CT molecular complexity index is 528. The Morgan fingerprint density at radius 3 is 3.06 bits per heavy atom. The number of imidazole rings is 1. The minimum atomic E-state index is 0.204. The third kappa shape index (κ3) is 1.28. The van der Waals surface area contributed by atoms with E-state index in [9.17, 15) is 0 Å². The molecule has 0 aliphatic heterocycles. The molecule has 0 amide bonds. The van der Waals surface area contributed by atoms with Crippen molar-refractivity contribution in [2.75, 3.05) is 0 Å². The number of aromatic nitrogens is 2. The second kappa shape index (κ2) is 3.46. The molecule has 1 aromatic carbocycles. The molecular formula is C13H15N3. The second-order valence-electron chi connectivity index (χ2n) is 4.38. The molecule has 82 valence electrons. The van der Waals surface area contributed by atoms with Crippen molar-refractivity contribution in [1.82, 2.24) is 9.55 Å². The number of hydrogen-bond acceptors (Lipinski definition) is 2. The van der Waals surface area contributed by atoms with Crippen LogP contribution in [0, 0.1) is 0 Å². The van der Waals surface area contributed by atoms with E-state index in [1.165, 1.54) is 16.7 Å². The lowest BCUT2D eigenvalue weighted by Gasteiger charge is -2.09. The maximum Gasteiger partial charge on any atom is 0.139 e. The fourth-order valence-electron chi connectivity index (χ4n) is 2.52. The van der Waals surface area contributed by atoms with Crippen molar-refractivity contribution in [3.8, 4) is 11.4 Å². The van der Waals surface area contributed by atoms with Crippen LogP contribution >= 0.6 is 0 Å². The number of nitrogens with two attached hydrogens (primary N) is 1. The van der Waals surface area contributed by atoms with E-state index in [2.05, 4.69) is 27.8 Å². The average molecular weight is 213 g/mol. The first-order chi connectivity index (χ1) is 7.77. The van der Waals surface area contributed by atoms with E-state index in [1.807, 2.05) is 19.4 Å². The molecular weight excluding hydrogens is 198 g/mol. The SMILES string of the molecule is Cn1ccnc1-c1cccc2c1CCC2N. The van der Waals surface area contributed by atoms with Crippen molar-refractivity contribution >= 4 is 0 Å². The Labute approximate surface area is 94.9 Å². The van der Waals surface area contributed by atoms with Gasteiger partial charge in [0.15, 0.2) is 0 Å². The van der Waals surface area contributed by atoms with Crippen molar-refractivity contribution in [3.05, 3.63) is 41.7 Å². The lowest BCUT2D eigenvalue weighted by molar-refractivity contribution is 0.713. The minimum Gasteiger partial charge on any atom is -0.334 e. The summed E-state index contributed by atoms with van der Waals surface area (Å²) in [6.45, 7) is 0. The highest BCUT2D eigenvalue weighted by Crippen LogP contribution is 2.35. The zero-order valence-corrected chi connectivity index (χ0v) is 9.35. The van der Waals surface area contributed by atoms with Crippen LogP contribution in [0.2, 0.25) is 0 Å². The van der Waals surface area contributed by atoms with Crippen LogP contribution in [0.3, 0.4) is 0 Å². The number of benzene rings is 1. The van der Waals surface area contributed by atoms with Gasteiger partial charge in [-0.3, -0.25) is 0 Å².